The third kappa shape index (κ3) is 4.33. The summed E-state index contributed by atoms with van der Waals surface area (Å²) in [6.45, 7) is 9.27. The molecule has 2 aromatic carbocycles. The third-order valence-electron chi connectivity index (χ3n) is 3.38. The Labute approximate surface area is 128 Å². The van der Waals surface area contributed by atoms with E-state index in [0.717, 1.165) is 12.3 Å². The largest absolute Gasteiger partial charge is 0.491 e. The van der Waals surface area contributed by atoms with Gasteiger partial charge in [-0.1, -0.05) is 48.9 Å². The highest BCUT2D eigenvalue weighted by molar-refractivity contribution is 5.37. The molecule has 2 heteroatoms. The fraction of sp³-hybridized carbons (Fsp3) is 0.368. The molecular weight excluding hydrogens is 258 g/mol. The van der Waals surface area contributed by atoms with E-state index >= 15 is 0 Å². The average Bonchev–Trinajstić information content (AvgIpc) is 2.45. The van der Waals surface area contributed by atoms with E-state index in [1.54, 1.807) is 0 Å². The molecule has 0 saturated heterocycles. The van der Waals surface area contributed by atoms with Gasteiger partial charge in [-0.3, -0.25) is 0 Å². The summed E-state index contributed by atoms with van der Waals surface area (Å²) in [5, 5.41) is 3.56. The molecule has 0 saturated carbocycles. The molecular formula is C19H25NO. The van der Waals surface area contributed by atoms with Gasteiger partial charge in [-0.15, -0.1) is 0 Å². The lowest BCUT2D eigenvalue weighted by Gasteiger charge is -2.20. The normalized spacial score (nSPS) is 12.4. The van der Waals surface area contributed by atoms with Crippen molar-refractivity contribution < 1.29 is 4.74 Å². The second-order valence-electron chi connectivity index (χ2n) is 5.64. The minimum atomic E-state index is 0.192. The molecule has 0 radical (unpaired) electrons. The molecule has 1 N–H and O–H groups in total. The SMILES string of the molecule is CCNC(c1ccc(C)cc1)c1cccc(OC(C)C)c1. The van der Waals surface area contributed by atoms with Crippen LogP contribution in [0.2, 0.25) is 0 Å². The molecule has 0 aliphatic heterocycles. The molecule has 2 aromatic rings. The first kappa shape index (κ1) is 15.6. The highest BCUT2D eigenvalue weighted by Crippen LogP contribution is 2.26. The number of benzene rings is 2. The Balaban J connectivity index is 2.31. The predicted octanol–water partition coefficient (Wildman–Crippen LogP) is 4.48. The Morgan fingerprint density at radius 1 is 1.00 bits per heavy atom. The van der Waals surface area contributed by atoms with Crippen LogP contribution in [-0.2, 0) is 0 Å². The minimum Gasteiger partial charge on any atom is -0.491 e. The Hall–Kier alpha value is -1.80. The maximum atomic E-state index is 5.81. The molecule has 2 nitrogen and oxygen atoms in total. The van der Waals surface area contributed by atoms with Crippen molar-refractivity contribution in [3.63, 3.8) is 0 Å². The predicted molar refractivity (Wildman–Crippen MR) is 88.9 cm³/mol. The fourth-order valence-corrected chi connectivity index (χ4v) is 2.43. The van der Waals surface area contributed by atoms with Gasteiger partial charge in [0.2, 0.25) is 0 Å². The van der Waals surface area contributed by atoms with Gasteiger partial charge in [0.1, 0.15) is 5.75 Å². The van der Waals surface area contributed by atoms with Crippen molar-refractivity contribution >= 4 is 0 Å². The summed E-state index contributed by atoms with van der Waals surface area (Å²) < 4.78 is 5.81. The Kier molecular flexibility index (Phi) is 5.40. The molecule has 0 aliphatic rings. The molecule has 0 amide bonds. The molecule has 0 heterocycles. The molecule has 0 fully saturated rings. The second-order valence-corrected chi connectivity index (χ2v) is 5.64. The molecule has 1 atom stereocenters. The standard InChI is InChI=1S/C19H25NO/c1-5-20-19(16-11-9-15(4)10-12-16)17-7-6-8-18(13-17)21-14(2)3/h6-14,19-20H,5H2,1-4H3. The van der Waals surface area contributed by atoms with Crippen LogP contribution in [0.25, 0.3) is 0 Å². The second kappa shape index (κ2) is 7.28. The van der Waals surface area contributed by atoms with Crippen molar-refractivity contribution in [1.29, 1.82) is 0 Å². The van der Waals surface area contributed by atoms with Crippen molar-refractivity contribution in [3.8, 4) is 5.75 Å². The van der Waals surface area contributed by atoms with Gasteiger partial charge in [-0.05, 0) is 50.6 Å². The minimum absolute atomic E-state index is 0.192. The van der Waals surface area contributed by atoms with Crippen LogP contribution in [0.4, 0.5) is 0 Å². The van der Waals surface area contributed by atoms with E-state index in [4.69, 9.17) is 4.74 Å². The third-order valence-corrected chi connectivity index (χ3v) is 3.38. The highest BCUT2D eigenvalue weighted by Gasteiger charge is 2.13. The van der Waals surface area contributed by atoms with Gasteiger partial charge >= 0.3 is 0 Å². The van der Waals surface area contributed by atoms with Crippen LogP contribution in [0.1, 0.15) is 43.5 Å². The van der Waals surface area contributed by atoms with Crippen LogP contribution >= 0.6 is 0 Å². The van der Waals surface area contributed by atoms with E-state index in [9.17, 15) is 0 Å². The molecule has 2 rings (SSSR count). The summed E-state index contributed by atoms with van der Waals surface area (Å²) in [6, 6.07) is 17.3. The first-order chi connectivity index (χ1) is 10.1. The van der Waals surface area contributed by atoms with Gasteiger partial charge < -0.3 is 10.1 Å². The van der Waals surface area contributed by atoms with Crippen LogP contribution in [0.3, 0.4) is 0 Å². The van der Waals surface area contributed by atoms with Gasteiger partial charge in [0.25, 0.3) is 0 Å². The number of nitrogens with one attached hydrogen (secondary N) is 1. The van der Waals surface area contributed by atoms with E-state index < -0.39 is 0 Å². The quantitative estimate of drug-likeness (QED) is 0.844. The smallest absolute Gasteiger partial charge is 0.120 e. The monoisotopic (exact) mass is 283 g/mol. The number of hydrogen-bond acceptors (Lipinski definition) is 2. The summed E-state index contributed by atoms with van der Waals surface area (Å²) in [6.07, 6.45) is 0.192. The zero-order valence-electron chi connectivity index (χ0n) is 13.4. The van der Waals surface area contributed by atoms with Crippen molar-refractivity contribution in [2.24, 2.45) is 0 Å². The number of rotatable bonds is 6. The van der Waals surface area contributed by atoms with Crippen molar-refractivity contribution in [2.45, 2.75) is 39.8 Å². The lowest BCUT2D eigenvalue weighted by Crippen LogP contribution is -2.22. The molecule has 21 heavy (non-hydrogen) atoms. The maximum Gasteiger partial charge on any atom is 0.120 e. The van der Waals surface area contributed by atoms with Crippen LogP contribution < -0.4 is 10.1 Å². The molecule has 0 aliphatic carbocycles. The molecule has 112 valence electrons. The molecule has 0 aromatic heterocycles. The zero-order valence-corrected chi connectivity index (χ0v) is 13.4. The topological polar surface area (TPSA) is 21.3 Å². The average molecular weight is 283 g/mol. The Morgan fingerprint density at radius 3 is 2.33 bits per heavy atom. The summed E-state index contributed by atoms with van der Waals surface area (Å²) in [7, 11) is 0. The first-order valence-corrected chi connectivity index (χ1v) is 7.66. The lowest BCUT2D eigenvalue weighted by molar-refractivity contribution is 0.242. The maximum absolute atomic E-state index is 5.81. The highest BCUT2D eigenvalue weighted by atomic mass is 16.5. The number of aryl methyl sites for hydroxylation is 1. The van der Waals surface area contributed by atoms with Crippen LogP contribution in [0.5, 0.6) is 5.75 Å². The Bertz CT molecular complexity index is 560. The van der Waals surface area contributed by atoms with Crippen LogP contribution in [0, 0.1) is 6.92 Å². The van der Waals surface area contributed by atoms with Crippen LogP contribution in [0.15, 0.2) is 48.5 Å². The van der Waals surface area contributed by atoms with E-state index in [1.165, 1.54) is 16.7 Å². The molecule has 0 bridgehead atoms. The van der Waals surface area contributed by atoms with E-state index in [1.807, 2.05) is 6.07 Å². The van der Waals surface area contributed by atoms with E-state index in [2.05, 4.69) is 75.5 Å². The van der Waals surface area contributed by atoms with Gasteiger partial charge in [-0.2, -0.15) is 0 Å². The van der Waals surface area contributed by atoms with Crippen molar-refractivity contribution in [1.82, 2.24) is 5.32 Å². The summed E-state index contributed by atoms with van der Waals surface area (Å²) in [5.74, 6) is 0.928. The Morgan fingerprint density at radius 2 is 1.71 bits per heavy atom. The summed E-state index contributed by atoms with van der Waals surface area (Å²) in [4.78, 5) is 0. The van der Waals surface area contributed by atoms with Gasteiger partial charge in [0.05, 0.1) is 12.1 Å². The fourth-order valence-electron chi connectivity index (χ4n) is 2.43. The number of ether oxygens (including phenoxy) is 1. The van der Waals surface area contributed by atoms with Gasteiger partial charge in [0, 0.05) is 0 Å². The van der Waals surface area contributed by atoms with Gasteiger partial charge in [-0.25, -0.2) is 0 Å². The zero-order chi connectivity index (χ0) is 15.2. The van der Waals surface area contributed by atoms with E-state index in [0.29, 0.717) is 0 Å². The number of hydrogen-bond donors (Lipinski definition) is 1. The first-order valence-electron chi connectivity index (χ1n) is 7.66. The summed E-state index contributed by atoms with van der Waals surface area (Å²) in [5.41, 5.74) is 3.80. The van der Waals surface area contributed by atoms with Crippen molar-refractivity contribution in [2.75, 3.05) is 6.54 Å². The molecule has 1 unspecified atom stereocenters. The van der Waals surface area contributed by atoms with E-state index in [-0.39, 0.29) is 12.1 Å². The van der Waals surface area contributed by atoms with Crippen molar-refractivity contribution in [3.05, 3.63) is 65.2 Å². The lowest BCUT2D eigenvalue weighted by atomic mass is 9.97. The summed E-state index contributed by atoms with van der Waals surface area (Å²) >= 11 is 0. The van der Waals surface area contributed by atoms with Crippen LogP contribution in [-0.4, -0.2) is 12.6 Å². The molecule has 0 spiro atoms. The van der Waals surface area contributed by atoms with Gasteiger partial charge in [0.15, 0.2) is 0 Å².